The molecule has 1 aliphatic rings. The SMILES string of the molecule is CC(NS(C)(=O)=O)C(=O)N1CCN(S(C)(=O)=O)[C@@H](C)C1. The van der Waals surface area contributed by atoms with Gasteiger partial charge in [0.2, 0.25) is 26.0 Å². The highest BCUT2D eigenvalue weighted by Gasteiger charge is 2.33. The molecule has 1 N–H and O–H groups in total. The van der Waals surface area contributed by atoms with Crippen LogP contribution in [0.25, 0.3) is 0 Å². The molecule has 1 unspecified atom stereocenters. The van der Waals surface area contributed by atoms with Crippen molar-refractivity contribution in [3.8, 4) is 0 Å². The van der Waals surface area contributed by atoms with Gasteiger partial charge in [0.15, 0.2) is 0 Å². The maximum absolute atomic E-state index is 12.1. The van der Waals surface area contributed by atoms with E-state index in [9.17, 15) is 21.6 Å². The molecule has 1 aliphatic heterocycles. The average Bonchev–Trinajstić information content (AvgIpc) is 2.23. The first-order chi connectivity index (χ1) is 8.92. The van der Waals surface area contributed by atoms with Gasteiger partial charge >= 0.3 is 0 Å². The van der Waals surface area contributed by atoms with Gasteiger partial charge in [0.1, 0.15) is 0 Å². The molecule has 2 atom stereocenters. The molecule has 20 heavy (non-hydrogen) atoms. The second-order valence-electron chi connectivity index (χ2n) is 5.12. The first-order valence-electron chi connectivity index (χ1n) is 6.14. The molecule has 1 heterocycles. The Labute approximate surface area is 120 Å². The van der Waals surface area contributed by atoms with Crippen LogP contribution in [0.3, 0.4) is 0 Å². The number of amides is 1. The van der Waals surface area contributed by atoms with E-state index in [1.54, 1.807) is 6.92 Å². The minimum Gasteiger partial charge on any atom is -0.338 e. The normalized spacial score (nSPS) is 23.6. The van der Waals surface area contributed by atoms with E-state index in [1.807, 2.05) is 0 Å². The first-order valence-corrected chi connectivity index (χ1v) is 9.88. The van der Waals surface area contributed by atoms with Crippen molar-refractivity contribution in [1.82, 2.24) is 13.9 Å². The van der Waals surface area contributed by atoms with Crippen molar-refractivity contribution >= 4 is 26.0 Å². The highest BCUT2D eigenvalue weighted by Crippen LogP contribution is 2.14. The van der Waals surface area contributed by atoms with Crippen molar-refractivity contribution in [2.45, 2.75) is 25.9 Å². The summed E-state index contributed by atoms with van der Waals surface area (Å²) in [6.45, 7) is 3.91. The van der Waals surface area contributed by atoms with E-state index in [2.05, 4.69) is 4.72 Å². The van der Waals surface area contributed by atoms with Crippen LogP contribution in [0, 0.1) is 0 Å². The third kappa shape index (κ3) is 4.69. The van der Waals surface area contributed by atoms with Gasteiger partial charge in [0, 0.05) is 25.7 Å². The molecule has 1 rings (SSSR count). The Hall–Kier alpha value is -0.710. The minimum absolute atomic E-state index is 0.220. The van der Waals surface area contributed by atoms with E-state index in [0.717, 1.165) is 12.5 Å². The molecule has 0 aromatic carbocycles. The average molecular weight is 327 g/mol. The van der Waals surface area contributed by atoms with Gasteiger partial charge in [-0.1, -0.05) is 0 Å². The number of hydrogen-bond acceptors (Lipinski definition) is 5. The molecule has 1 amide bonds. The van der Waals surface area contributed by atoms with Crippen molar-refractivity contribution in [2.75, 3.05) is 32.1 Å². The molecule has 8 nitrogen and oxygen atoms in total. The van der Waals surface area contributed by atoms with Crippen LogP contribution >= 0.6 is 0 Å². The van der Waals surface area contributed by atoms with Crippen LogP contribution in [-0.2, 0) is 24.8 Å². The quantitative estimate of drug-likeness (QED) is 0.671. The third-order valence-electron chi connectivity index (χ3n) is 3.07. The fraction of sp³-hybridized carbons (Fsp3) is 0.900. The summed E-state index contributed by atoms with van der Waals surface area (Å²) in [4.78, 5) is 13.6. The molecule has 0 bridgehead atoms. The lowest BCUT2D eigenvalue weighted by molar-refractivity contribution is -0.134. The summed E-state index contributed by atoms with van der Waals surface area (Å²) < 4.78 is 48.8. The lowest BCUT2D eigenvalue weighted by Crippen LogP contribution is -2.58. The van der Waals surface area contributed by atoms with E-state index in [1.165, 1.54) is 16.1 Å². The molecular formula is C10H21N3O5S2. The largest absolute Gasteiger partial charge is 0.338 e. The molecule has 0 saturated carbocycles. The van der Waals surface area contributed by atoms with Crippen LogP contribution in [0.15, 0.2) is 0 Å². The van der Waals surface area contributed by atoms with Gasteiger partial charge in [-0.05, 0) is 13.8 Å². The topological polar surface area (TPSA) is 104 Å². The number of sulfonamides is 2. The van der Waals surface area contributed by atoms with Crippen LogP contribution in [0.5, 0.6) is 0 Å². The molecule has 1 fully saturated rings. The molecule has 1 saturated heterocycles. The van der Waals surface area contributed by atoms with Gasteiger partial charge in [0.05, 0.1) is 18.6 Å². The van der Waals surface area contributed by atoms with Crippen molar-refractivity contribution in [3.63, 3.8) is 0 Å². The molecule has 10 heteroatoms. The van der Waals surface area contributed by atoms with E-state index in [4.69, 9.17) is 0 Å². The molecule has 0 spiro atoms. The van der Waals surface area contributed by atoms with Gasteiger partial charge in [-0.3, -0.25) is 4.79 Å². The summed E-state index contributed by atoms with van der Waals surface area (Å²) in [5.74, 6) is -0.351. The number of piperazine rings is 1. The first kappa shape index (κ1) is 17.3. The molecule has 0 aromatic heterocycles. The number of hydrogen-bond donors (Lipinski definition) is 1. The number of nitrogens with zero attached hydrogens (tertiary/aromatic N) is 2. The standard InChI is InChI=1S/C10H21N3O5S2/c1-8-7-12(5-6-13(8)20(4,17)18)10(14)9(2)11-19(3,15)16/h8-9,11H,5-7H2,1-4H3/t8-,9?/m0/s1. The highest BCUT2D eigenvalue weighted by atomic mass is 32.2. The summed E-state index contributed by atoms with van der Waals surface area (Å²) in [7, 11) is -6.75. The van der Waals surface area contributed by atoms with E-state index in [-0.39, 0.29) is 31.6 Å². The summed E-state index contributed by atoms with van der Waals surface area (Å²) in [6.07, 6.45) is 2.12. The number of carbonyl (C=O) groups is 1. The van der Waals surface area contributed by atoms with E-state index < -0.39 is 26.1 Å². The lowest BCUT2D eigenvalue weighted by Gasteiger charge is -2.39. The zero-order valence-electron chi connectivity index (χ0n) is 12.0. The predicted octanol–water partition coefficient (Wildman–Crippen LogP) is -1.58. The maximum Gasteiger partial charge on any atom is 0.240 e. The van der Waals surface area contributed by atoms with E-state index in [0.29, 0.717) is 0 Å². The molecule has 118 valence electrons. The Kier molecular flexibility index (Phi) is 5.17. The maximum atomic E-state index is 12.1. The van der Waals surface area contributed by atoms with Crippen molar-refractivity contribution < 1.29 is 21.6 Å². The van der Waals surface area contributed by atoms with Crippen LogP contribution in [-0.4, -0.2) is 76.2 Å². The van der Waals surface area contributed by atoms with Crippen molar-refractivity contribution in [3.05, 3.63) is 0 Å². The molecule has 0 radical (unpaired) electrons. The van der Waals surface area contributed by atoms with Gasteiger partial charge in [-0.25, -0.2) is 21.6 Å². The fourth-order valence-corrected chi connectivity index (χ4v) is 4.16. The van der Waals surface area contributed by atoms with Crippen LogP contribution < -0.4 is 4.72 Å². The lowest BCUT2D eigenvalue weighted by atomic mass is 10.2. The van der Waals surface area contributed by atoms with Gasteiger partial charge in [-0.2, -0.15) is 4.31 Å². The Morgan fingerprint density at radius 2 is 1.75 bits per heavy atom. The van der Waals surface area contributed by atoms with Crippen molar-refractivity contribution in [1.29, 1.82) is 0 Å². The predicted molar refractivity (Wildman–Crippen MR) is 75.0 cm³/mol. The summed E-state index contributed by atoms with van der Waals surface area (Å²) in [6, 6.07) is -1.19. The summed E-state index contributed by atoms with van der Waals surface area (Å²) >= 11 is 0. The van der Waals surface area contributed by atoms with Crippen LogP contribution in [0.4, 0.5) is 0 Å². The smallest absolute Gasteiger partial charge is 0.240 e. The second kappa shape index (κ2) is 5.96. The Morgan fingerprint density at radius 1 is 1.20 bits per heavy atom. The monoisotopic (exact) mass is 327 g/mol. The summed E-state index contributed by atoms with van der Waals surface area (Å²) in [5.41, 5.74) is 0. The second-order valence-corrected chi connectivity index (χ2v) is 8.83. The number of nitrogens with one attached hydrogen (secondary N) is 1. The highest BCUT2D eigenvalue weighted by molar-refractivity contribution is 7.88. The summed E-state index contributed by atoms with van der Waals surface area (Å²) in [5, 5.41) is 0. The third-order valence-corrected chi connectivity index (χ3v) is 5.24. The Morgan fingerprint density at radius 3 is 2.15 bits per heavy atom. The molecular weight excluding hydrogens is 306 g/mol. The number of carbonyl (C=O) groups excluding carboxylic acids is 1. The van der Waals surface area contributed by atoms with Gasteiger partial charge in [0.25, 0.3) is 0 Å². The zero-order chi connectivity index (χ0) is 15.7. The molecule has 0 aromatic rings. The van der Waals surface area contributed by atoms with Gasteiger partial charge in [-0.15, -0.1) is 0 Å². The Bertz CT molecular complexity index is 572. The zero-order valence-corrected chi connectivity index (χ0v) is 13.7. The Balaban J connectivity index is 2.71. The van der Waals surface area contributed by atoms with Crippen LogP contribution in [0.1, 0.15) is 13.8 Å². The van der Waals surface area contributed by atoms with Crippen LogP contribution in [0.2, 0.25) is 0 Å². The number of rotatable bonds is 4. The van der Waals surface area contributed by atoms with E-state index >= 15 is 0 Å². The fourth-order valence-electron chi connectivity index (χ4n) is 2.28. The minimum atomic E-state index is -3.46. The molecule has 0 aliphatic carbocycles. The van der Waals surface area contributed by atoms with Crippen molar-refractivity contribution in [2.24, 2.45) is 0 Å². The van der Waals surface area contributed by atoms with Gasteiger partial charge < -0.3 is 4.90 Å².